The molecule has 0 saturated carbocycles. The van der Waals surface area contributed by atoms with Gasteiger partial charge in [0.1, 0.15) is 5.82 Å². The highest BCUT2D eigenvalue weighted by Gasteiger charge is 2.11. The summed E-state index contributed by atoms with van der Waals surface area (Å²) in [5.41, 5.74) is 7.76. The van der Waals surface area contributed by atoms with Gasteiger partial charge in [-0.15, -0.1) is 0 Å². The standard InChI is InChI=1S/C15H18ClN3/c1-2-9-19(15-14(16)7-4-8-18-15)11-12-5-3-6-13(17)10-12/h3-8,10H,2,9,11,17H2,1H3. The SMILES string of the molecule is CCCN(Cc1cccc(N)c1)c1ncccc1Cl. The molecule has 0 bridgehead atoms. The molecule has 19 heavy (non-hydrogen) atoms. The molecule has 1 heterocycles. The fraction of sp³-hybridized carbons (Fsp3) is 0.267. The van der Waals surface area contributed by atoms with E-state index < -0.39 is 0 Å². The second kappa shape index (κ2) is 6.43. The van der Waals surface area contributed by atoms with Crippen LogP contribution in [0.5, 0.6) is 0 Å². The number of pyridine rings is 1. The summed E-state index contributed by atoms with van der Waals surface area (Å²) >= 11 is 6.22. The molecular weight excluding hydrogens is 258 g/mol. The molecule has 2 aromatic rings. The molecule has 0 aliphatic rings. The molecule has 0 saturated heterocycles. The molecule has 0 aliphatic carbocycles. The van der Waals surface area contributed by atoms with Crippen LogP contribution in [-0.4, -0.2) is 11.5 Å². The summed E-state index contributed by atoms with van der Waals surface area (Å²) in [5.74, 6) is 0.827. The van der Waals surface area contributed by atoms with Gasteiger partial charge in [-0.2, -0.15) is 0 Å². The number of nitrogen functional groups attached to an aromatic ring is 1. The van der Waals surface area contributed by atoms with E-state index in [0.29, 0.717) is 5.02 Å². The van der Waals surface area contributed by atoms with Crippen LogP contribution in [0.1, 0.15) is 18.9 Å². The molecule has 2 N–H and O–H groups in total. The van der Waals surface area contributed by atoms with Crippen LogP contribution in [0, 0.1) is 0 Å². The van der Waals surface area contributed by atoms with Gasteiger partial charge in [0.2, 0.25) is 0 Å². The van der Waals surface area contributed by atoms with Crippen LogP contribution >= 0.6 is 11.6 Å². The van der Waals surface area contributed by atoms with Crippen molar-refractivity contribution in [3.05, 3.63) is 53.2 Å². The predicted octanol–water partition coefficient (Wildman–Crippen LogP) is 3.73. The molecule has 4 heteroatoms. The second-order valence-corrected chi connectivity index (χ2v) is 4.88. The van der Waals surface area contributed by atoms with Gasteiger partial charge < -0.3 is 10.6 Å². The fourth-order valence-corrected chi connectivity index (χ4v) is 2.29. The van der Waals surface area contributed by atoms with E-state index >= 15 is 0 Å². The lowest BCUT2D eigenvalue weighted by Gasteiger charge is -2.24. The van der Waals surface area contributed by atoms with Gasteiger partial charge in [0.05, 0.1) is 5.02 Å². The van der Waals surface area contributed by atoms with Crippen LogP contribution in [0.4, 0.5) is 11.5 Å². The second-order valence-electron chi connectivity index (χ2n) is 4.48. The van der Waals surface area contributed by atoms with Gasteiger partial charge >= 0.3 is 0 Å². The van der Waals surface area contributed by atoms with E-state index in [2.05, 4.69) is 22.9 Å². The lowest BCUT2D eigenvalue weighted by atomic mass is 10.2. The van der Waals surface area contributed by atoms with Crippen LogP contribution in [0.2, 0.25) is 5.02 Å². The third kappa shape index (κ3) is 3.61. The van der Waals surface area contributed by atoms with Crippen molar-refractivity contribution >= 4 is 23.1 Å². The minimum absolute atomic E-state index is 0.680. The van der Waals surface area contributed by atoms with E-state index in [1.807, 2.05) is 30.3 Å². The number of nitrogens with two attached hydrogens (primary N) is 1. The monoisotopic (exact) mass is 275 g/mol. The number of aromatic nitrogens is 1. The molecule has 1 aromatic carbocycles. The van der Waals surface area contributed by atoms with E-state index in [9.17, 15) is 0 Å². The first-order chi connectivity index (χ1) is 9.20. The van der Waals surface area contributed by atoms with Crippen molar-refractivity contribution in [1.82, 2.24) is 4.98 Å². The Bertz CT molecular complexity index is 542. The molecule has 0 amide bonds. The summed E-state index contributed by atoms with van der Waals surface area (Å²) in [4.78, 5) is 6.56. The number of benzene rings is 1. The van der Waals surface area contributed by atoms with Crippen LogP contribution in [0.3, 0.4) is 0 Å². The highest BCUT2D eigenvalue weighted by molar-refractivity contribution is 6.32. The quantitative estimate of drug-likeness (QED) is 0.846. The summed E-state index contributed by atoms with van der Waals surface area (Å²) in [6.45, 7) is 3.81. The highest BCUT2D eigenvalue weighted by atomic mass is 35.5. The Kier molecular flexibility index (Phi) is 4.63. The van der Waals surface area contributed by atoms with E-state index in [4.69, 9.17) is 17.3 Å². The zero-order valence-corrected chi connectivity index (χ0v) is 11.8. The summed E-state index contributed by atoms with van der Waals surface area (Å²) in [6, 6.07) is 11.6. The maximum absolute atomic E-state index is 6.22. The average Bonchev–Trinajstić information content (AvgIpc) is 2.39. The van der Waals surface area contributed by atoms with Crippen molar-refractivity contribution < 1.29 is 0 Å². The number of halogens is 1. The van der Waals surface area contributed by atoms with Crippen molar-refractivity contribution in [2.24, 2.45) is 0 Å². The lowest BCUT2D eigenvalue weighted by Crippen LogP contribution is -2.24. The Labute approximate surface area is 119 Å². The molecule has 3 nitrogen and oxygen atoms in total. The van der Waals surface area contributed by atoms with Crippen LogP contribution < -0.4 is 10.6 Å². The normalized spacial score (nSPS) is 10.4. The van der Waals surface area contributed by atoms with Crippen molar-refractivity contribution in [2.45, 2.75) is 19.9 Å². The van der Waals surface area contributed by atoms with Gasteiger partial charge in [0, 0.05) is 25.0 Å². The van der Waals surface area contributed by atoms with Gasteiger partial charge in [-0.3, -0.25) is 0 Å². The number of hydrogen-bond donors (Lipinski definition) is 1. The van der Waals surface area contributed by atoms with Gasteiger partial charge in [-0.1, -0.05) is 30.7 Å². The smallest absolute Gasteiger partial charge is 0.147 e. The van der Waals surface area contributed by atoms with Crippen LogP contribution in [0.25, 0.3) is 0 Å². The lowest BCUT2D eigenvalue weighted by molar-refractivity contribution is 0.755. The van der Waals surface area contributed by atoms with Crippen molar-refractivity contribution in [3.8, 4) is 0 Å². The molecule has 0 spiro atoms. The zero-order chi connectivity index (χ0) is 13.7. The average molecular weight is 276 g/mol. The summed E-state index contributed by atoms with van der Waals surface area (Å²) < 4.78 is 0. The van der Waals surface area contributed by atoms with Gasteiger partial charge in [0.15, 0.2) is 0 Å². The summed E-state index contributed by atoms with van der Waals surface area (Å²) in [5, 5.41) is 0.680. The third-order valence-electron chi connectivity index (χ3n) is 2.86. The molecule has 0 atom stereocenters. The number of nitrogens with zero attached hydrogens (tertiary/aromatic N) is 2. The van der Waals surface area contributed by atoms with Crippen molar-refractivity contribution in [1.29, 1.82) is 0 Å². The third-order valence-corrected chi connectivity index (χ3v) is 3.15. The first-order valence-electron chi connectivity index (χ1n) is 6.40. The molecule has 0 fully saturated rings. The molecule has 1 aromatic heterocycles. The Balaban J connectivity index is 2.24. The van der Waals surface area contributed by atoms with E-state index in [0.717, 1.165) is 36.6 Å². The van der Waals surface area contributed by atoms with Gasteiger partial charge in [-0.25, -0.2) is 4.98 Å². The first-order valence-corrected chi connectivity index (χ1v) is 6.78. The molecule has 0 radical (unpaired) electrons. The Hall–Kier alpha value is -1.74. The maximum atomic E-state index is 6.22. The molecule has 100 valence electrons. The van der Waals surface area contributed by atoms with Crippen molar-refractivity contribution in [3.63, 3.8) is 0 Å². The van der Waals surface area contributed by atoms with Crippen molar-refractivity contribution in [2.75, 3.05) is 17.2 Å². The maximum Gasteiger partial charge on any atom is 0.147 e. The summed E-state index contributed by atoms with van der Waals surface area (Å²) in [6.07, 6.45) is 2.80. The van der Waals surface area contributed by atoms with Crippen LogP contribution in [0.15, 0.2) is 42.6 Å². The minimum Gasteiger partial charge on any atom is -0.399 e. The molecule has 0 unspecified atom stereocenters. The topological polar surface area (TPSA) is 42.1 Å². The van der Waals surface area contributed by atoms with E-state index in [1.54, 1.807) is 6.20 Å². The summed E-state index contributed by atoms with van der Waals surface area (Å²) in [7, 11) is 0. The number of hydrogen-bond acceptors (Lipinski definition) is 3. The number of rotatable bonds is 5. The minimum atomic E-state index is 0.680. The Morgan fingerprint density at radius 2 is 2.11 bits per heavy atom. The van der Waals surface area contributed by atoms with Gasteiger partial charge in [0.25, 0.3) is 0 Å². The molecular formula is C15H18ClN3. The largest absolute Gasteiger partial charge is 0.399 e. The Morgan fingerprint density at radius 1 is 1.26 bits per heavy atom. The molecule has 0 aliphatic heterocycles. The van der Waals surface area contributed by atoms with Crippen LogP contribution in [-0.2, 0) is 6.54 Å². The molecule has 2 rings (SSSR count). The van der Waals surface area contributed by atoms with E-state index in [1.165, 1.54) is 0 Å². The van der Waals surface area contributed by atoms with E-state index in [-0.39, 0.29) is 0 Å². The highest BCUT2D eigenvalue weighted by Crippen LogP contribution is 2.24. The fourth-order valence-electron chi connectivity index (χ4n) is 2.05. The first kappa shape index (κ1) is 13.7. The predicted molar refractivity (Wildman–Crippen MR) is 81.4 cm³/mol. The zero-order valence-electron chi connectivity index (χ0n) is 11.0. The number of anilines is 2. The van der Waals surface area contributed by atoms with Gasteiger partial charge in [-0.05, 0) is 36.2 Å². The Morgan fingerprint density at radius 3 is 2.79 bits per heavy atom.